The van der Waals surface area contributed by atoms with Crippen molar-refractivity contribution in [2.24, 2.45) is 5.84 Å². The highest BCUT2D eigenvalue weighted by Crippen LogP contribution is 2.16. The van der Waals surface area contributed by atoms with E-state index in [-0.39, 0.29) is 5.92 Å². The van der Waals surface area contributed by atoms with E-state index in [1.54, 1.807) is 6.07 Å². The van der Waals surface area contributed by atoms with Crippen LogP contribution in [0.4, 0.5) is 11.6 Å². The van der Waals surface area contributed by atoms with Crippen molar-refractivity contribution in [3.05, 3.63) is 11.9 Å². The number of nitrogens with one attached hydrogen (secondary N) is 3. The van der Waals surface area contributed by atoms with E-state index in [1.807, 2.05) is 13.8 Å². The fourth-order valence-corrected chi connectivity index (χ4v) is 1.97. The van der Waals surface area contributed by atoms with Gasteiger partial charge in [-0.25, -0.2) is 29.0 Å². The molecule has 0 aromatic carbocycles. The van der Waals surface area contributed by atoms with Gasteiger partial charge in [0, 0.05) is 25.1 Å². The summed E-state index contributed by atoms with van der Waals surface area (Å²) in [6.45, 7) is 4.97. The van der Waals surface area contributed by atoms with Crippen LogP contribution in [0.25, 0.3) is 0 Å². The zero-order valence-corrected chi connectivity index (χ0v) is 12.8. The molecule has 0 amide bonds. The van der Waals surface area contributed by atoms with Crippen LogP contribution >= 0.6 is 0 Å². The summed E-state index contributed by atoms with van der Waals surface area (Å²) >= 11 is 0. The van der Waals surface area contributed by atoms with Gasteiger partial charge < -0.3 is 10.7 Å². The Kier molecular flexibility index (Phi) is 6.11. The molecular formula is C11H22N6O2S. The Morgan fingerprint density at radius 1 is 1.25 bits per heavy atom. The quantitative estimate of drug-likeness (QED) is 0.308. The maximum absolute atomic E-state index is 10.9. The van der Waals surface area contributed by atoms with Crippen LogP contribution < -0.4 is 21.3 Å². The molecule has 0 aliphatic heterocycles. The molecule has 5 N–H and O–H groups in total. The lowest BCUT2D eigenvalue weighted by molar-refractivity contribution is 0.586. The van der Waals surface area contributed by atoms with Gasteiger partial charge in [0.1, 0.15) is 17.5 Å². The lowest BCUT2D eigenvalue weighted by Gasteiger charge is -2.11. The third-order valence-corrected chi connectivity index (χ3v) is 3.16. The Morgan fingerprint density at radius 2 is 1.90 bits per heavy atom. The van der Waals surface area contributed by atoms with E-state index < -0.39 is 10.0 Å². The first-order chi connectivity index (χ1) is 9.31. The predicted molar refractivity (Wildman–Crippen MR) is 79.9 cm³/mol. The van der Waals surface area contributed by atoms with Gasteiger partial charge in [-0.3, -0.25) is 0 Å². The fourth-order valence-electron chi connectivity index (χ4n) is 1.45. The molecule has 0 saturated heterocycles. The second-order valence-electron chi connectivity index (χ2n) is 4.74. The molecule has 0 unspecified atom stereocenters. The van der Waals surface area contributed by atoms with Gasteiger partial charge in [0.25, 0.3) is 0 Å². The van der Waals surface area contributed by atoms with Gasteiger partial charge in [-0.05, 0) is 6.42 Å². The van der Waals surface area contributed by atoms with Gasteiger partial charge in [0.15, 0.2) is 0 Å². The smallest absolute Gasteiger partial charge is 0.208 e. The van der Waals surface area contributed by atoms with Crippen LogP contribution in [0.2, 0.25) is 0 Å². The number of sulfonamides is 1. The minimum Gasteiger partial charge on any atom is -0.370 e. The average molecular weight is 302 g/mol. The Balaban J connectivity index is 2.53. The first-order valence-electron chi connectivity index (χ1n) is 6.36. The van der Waals surface area contributed by atoms with Gasteiger partial charge >= 0.3 is 0 Å². The lowest BCUT2D eigenvalue weighted by atomic mass is 10.2. The van der Waals surface area contributed by atoms with Crippen molar-refractivity contribution in [3.63, 3.8) is 0 Å². The van der Waals surface area contributed by atoms with E-state index in [1.165, 1.54) is 0 Å². The molecule has 0 bridgehead atoms. The van der Waals surface area contributed by atoms with Crippen molar-refractivity contribution in [3.8, 4) is 0 Å². The highest BCUT2D eigenvalue weighted by atomic mass is 32.2. The molecule has 0 radical (unpaired) electrons. The normalized spacial score (nSPS) is 11.7. The number of hydrogen-bond acceptors (Lipinski definition) is 7. The first kappa shape index (κ1) is 16.6. The number of rotatable bonds is 8. The summed E-state index contributed by atoms with van der Waals surface area (Å²) in [6, 6.07) is 1.70. The molecular weight excluding hydrogens is 280 g/mol. The number of nitrogen functional groups attached to an aromatic ring is 1. The second-order valence-corrected chi connectivity index (χ2v) is 6.58. The third kappa shape index (κ3) is 6.13. The van der Waals surface area contributed by atoms with Crippen LogP contribution in [0.3, 0.4) is 0 Å². The Labute approximate surface area is 119 Å². The second kappa shape index (κ2) is 7.36. The first-order valence-corrected chi connectivity index (χ1v) is 8.25. The van der Waals surface area contributed by atoms with Gasteiger partial charge in [0.05, 0.1) is 6.26 Å². The fraction of sp³-hybridized carbons (Fsp3) is 0.636. The van der Waals surface area contributed by atoms with Gasteiger partial charge in [-0.15, -0.1) is 0 Å². The SMILES string of the molecule is CC(C)c1nc(NN)cc(NCCCNS(C)(=O)=O)n1. The molecule has 0 spiro atoms. The summed E-state index contributed by atoms with van der Waals surface area (Å²) in [7, 11) is -3.13. The molecule has 20 heavy (non-hydrogen) atoms. The van der Waals surface area contributed by atoms with Crippen molar-refractivity contribution in [1.29, 1.82) is 0 Å². The van der Waals surface area contributed by atoms with Crippen LogP contribution in [0.1, 0.15) is 32.0 Å². The van der Waals surface area contributed by atoms with E-state index in [2.05, 4.69) is 25.4 Å². The van der Waals surface area contributed by atoms with Gasteiger partial charge in [-0.1, -0.05) is 13.8 Å². The number of hydrogen-bond donors (Lipinski definition) is 4. The molecule has 1 heterocycles. The van der Waals surface area contributed by atoms with E-state index in [4.69, 9.17) is 5.84 Å². The molecule has 9 heteroatoms. The molecule has 0 atom stereocenters. The maximum Gasteiger partial charge on any atom is 0.208 e. The molecule has 0 saturated carbocycles. The Bertz CT molecular complexity index is 532. The summed E-state index contributed by atoms with van der Waals surface area (Å²) in [4.78, 5) is 8.62. The summed E-state index contributed by atoms with van der Waals surface area (Å²) in [5.41, 5.74) is 2.50. The lowest BCUT2D eigenvalue weighted by Crippen LogP contribution is -2.24. The van der Waals surface area contributed by atoms with E-state index in [0.29, 0.717) is 37.0 Å². The molecule has 0 aliphatic carbocycles. The van der Waals surface area contributed by atoms with E-state index in [0.717, 1.165) is 6.26 Å². The molecule has 8 nitrogen and oxygen atoms in total. The van der Waals surface area contributed by atoms with Crippen molar-refractivity contribution < 1.29 is 8.42 Å². The van der Waals surface area contributed by atoms with Crippen molar-refractivity contribution in [1.82, 2.24) is 14.7 Å². The van der Waals surface area contributed by atoms with Crippen LogP contribution in [0.5, 0.6) is 0 Å². The monoisotopic (exact) mass is 302 g/mol. The zero-order valence-electron chi connectivity index (χ0n) is 12.0. The van der Waals surface area contributed by atoms with Gasteiger partial charge in [0.2, 0.25) is 10.0 Å². The summed E-state index contributed by atoms with van der Waals surface area (Å²) < 4.78 is 24.2. The maximum atomic E-state index is 10.9. The zero-order chi connectivity index (χ0) is 15.2. The molecule has 0 aliphatic rings. The van der Waals surface area contributed by atoms with Crippen molar-refractivity contribution >= 4 is 21.7 Å². The van der Waals surface area contributed by atoms with Crippen LogP contribution in [0, 0.1) is 0 Å². The molecule has 114 valence electrons. The predicted octanol–water partition coefficient (Wildman–Crippen LogP) is 0.237. The molecule has 1 aromatic heterocycles. The standard InChI is InChI=1S/C11H22N6O2S/c1-8(2)11-15-9(7-10(16-11)17-12)13-5-4-6-14-20(3,18)19/h7-8,14H,4-6,12H2,1-3H3,(H2,13,15,16,17). The minimum absolute atomic E-state index is 0.191. The summed E-state index contributed by atoms with van der Waals surface area (Å²) in [5.74, 6) is 7.45. The highest BCUT2D eigenvalue weighted by molar-refractivity contribution is 7.88. The number of aromatic nitrogens is 2. The van der Waals surface area contributed by atoms with Crippen LogP contribution in [0.15, 0.2) is 6.07 Å². The van der Waals surface area contributed by atoms with E-state index in [9.17, 15) is 8.42 Å². The largest absolute Gasteiger partial charge is 0.370 e. The van der Waals surface area contributed by atoms with Crippen molar-refractivity contribution in [2.75, 3.05) is 30.1 Å². The van der Waals surface area contributed by atoms with Crippen LogP contribution in [-0.4, -0.2) is 37.7 Å². The van der Waals surface area contributed by atoms with Crippen LogP contribution in [-0.2, 0) is 10.0 Å². The summed E-state index contributed by atoms with van der Waals surface area (Å²) in [5, 5.41) is 3.12. The summed E-state index contributed by atoms with van der Waals surface area (Å²) in [6.07, 6.45) is 1.79. The van der Waals surface area contributed by atoms with Crippen molar-refractivity contribution in [2.45, 2.75) is 26.2 Å². The highest BCUT2D eigenvalue weighted by Gasteiger charge is 2.07. The molecule has 0 fully saturated rings. The topological polar surface area (TPSA) is 122 Å². The number of nitrogens with two attached hydrogens (primary N) is 1. The third-order valence-electron chi connectivity index (χ3n) is 2.43. The number of nitrogens with zero attached hydrogens (tertiary/aromatic N) is 2. The van der Waals surface area contributed by atoms with E-state index >= 15 is 0 Å². The average Bonchev–Trinajstić information content (AvgIpc) is 2.36. The number of hydrazine groups is 1. The Morgan fingerprint density at radius 3 is 2.45 bits per heavy atom. The number of anilines is 2. The molecule has 1 rings (SSSR count). The minimum atomic E-state index is -3.13. The molecule has 1 aromatic rings. The Hall–Kier alpha value is -1.45. The van der Waals surface area contributed by atoms with Gasteiger partial charge in [-0.2, -0.15) is 0 Å².